The molecule has 0 spiro atoms. The highest BCUT2D eigenvalue weighted by atomic mass is 16.5. The molecule has 7 heteroatoms. The summed E-state index contributed by atoms with van der Waals surface area (Å²) < 4.78 is 4.69. The summed E-state index contributed by atoms with van der Waals surface area (Å²) in [5.74, 6) is 0.464. The lowest BCUT2D eigenvalue weighted by molar-refractivity contribution is 0.408. The molecule has 0 aliphatic heterocycles. The maximum absolute atomic E-state index is 8.38. The molecule has 16 heavy (non-hydrogen) atoms. The van der Waals surface area contributed by atoms with E-state index in [2.05, 4.69) is 30.6 Å². The van der Waals surface area contributed by atoms with Crippen molar-refractivity contribution in [3.63, 3.8) is 0 Å². The van der Waals surface area contributed by atoms with Crippen LogP contribution < -0.4 is 16.0 Å². The van der Waals surface area contributed by atoms with Gasteiger partial charge in [-0.2, -0.15) is 5.26 Å². The summed E-state index contributed by atoms with van der Waals surface area (Å²) in [6.07, 6.45) is 3.33. The summed E-state index contributed by atoms with van der Waals surface area (Å²) in [7, 11) is 1.61. The average Bonchev–Trinajstić information content (AvgIpc) is 2.80. The van der Waals surface area contributed by atoms with Crippen molar-refractivity contribution in [3.8, 4) is 6.19 Å². The van der Waals surface area contributed by atoms with Crippen LogP contribution in [-0.2, 0) is 6.54 Å². The first kappa shape index (κ1) is 12.0. The Morgan fingerprint density at radius 1 is 1.62 bits per heavy atom. The molecule has 1 rings (SSSR count). The fourth-order valence-electron chi connectivity index (χ4n) is 1.05. The molecule has 0 bridgehead atoms. The molecule has 0 unspecified atom stereocenters. The summed E-state index contributed by atoms with van der Waals surface area (Å²) in [5, 5.41) is 20.7. The van der Waals surface area contributed by atoms with E-state index in [1.165, 1.54) is 6.26 Å². The maximum atomic E-state index is 8.38. The lowest BCUT2D eigenvalue weighted by Gasteiger charge is -2.06. The molecule has 0 aliphatic rings. The van der Waals surface area contributed by atoms with Crippen LogP contribution in [0.1, 0.15) is 5.69 Å². The van der Waals surface area contributed by atoms with Crippen molar-refractivity contribution in [1.29, 1.82) is 5.26 Å². The van der Waals surface area contributed by atoms with Crippen LogP contribution in [0.4, 0.5) is 0 Å². The molecule has 0 atom stereocenters. The minimum Gasteiger partial charge on any atom is -0.364 e. The fraction of sp³-hybridized carbons (Fsp3) is 0.444. The standard InChI is InChI=1S/C9H14N6O/c1-11-9(14-7-10)13-4-3-12-6-8-2-5-16-15-8/h2,5,12H,3-4,6H2,1H3,(H2,11,13,14). The third-order valence-electron chi connectivity index (χ3n) is 1.79. The van der Waals surface area contributed by atoms with Crippen LogP contribution in [-0.4, -0.2) is 31.3 Å². The Hall–Kier alpha value is -2.07. The van der Waals surface area contributed by atoms with Gasteiger partial charge in [-0.05, 0) is 0 Å². The second kappa shape index (κ2) is 7.25. The van der Waals surface area contributed by atoms with Crippen LogP contribution in [0, 0.1) is 11.5 Å². The van der Waals surface area contributed by atoms with Crippen LogP contribution in [0.2, 0.25) is 0 Å². The van der Waals surface area contributed by atoms with E-state index in [1.54, 1.807) is 19.3 Å². The molecule has 86 valence electrons. The number of aromatic nitrogens is 1. The second-order valence-corrected chi connectivity index (χ2v) is 2.90. The summed E-state index contributed by atoms with van der Waals surface area (Å²) in [4.78, 5) is 3.84. The normalized spacial score (nSPS) is 10.9. The van der Waals surface area contributed by atoms with Gasteiger partial charge in [-0.15, -0.1) is 0 Å². The Labute approximate surface area is 93.5 Å². The average molecular weight is 222 g/mol. The number of nitrogens with one attached hydrogen (secondary N) is 3. The van der Waals surface area contributed by atoms with Crippen LogP contribution in [0.3, 0.4) is 0 Å². The molecule has 1 aromatic heterocycles. The van der Waals surface area contributed by atoms with E-state index < -0.39 is 0 Å². The molecule has 0 radical (unpaired) electrons. The molecule has 0 fully saturated rings. The van der Waals surface area contributed by atoms with Crippen molar-refractivity contribution in [3.05, 3.63) is 18.0 Å². The number of aliphatic imine (C=N–C) groups is 1. The van der Waals surface area contributed by atoms with Gasteiger partial charge in [-0.3, -0.25) is 10.3 Å². The van der Waals surface area contributed by atoms with E-state index in [9.17, 15) is 0 Å². The largest absolute Gasteiger partial charge is 0.364 e. The van der Waals surface area contributed by atoms with Crippen molar-refractivity contribution >= 4 is 5.96 Å². The molecule has 7 nitrogen and oxygen atoms in total. The van der Waals surface area contributed by atoms with Crippen LogP contribution in [0.15, 0.2) is 21.8 Å². The number of rotatable bonds is 5. The van der Waals surface area contributed by atoms with E-state index in [1.807, 2.05) is 0 Å². The number of hydrogen-bond donors (Lipinski definition) is 3. The zero-order valence-corrected chi connectivity index (χ0v) is 9.03. The first-order valence-electron chi connectivity index (χ1n) is 4.82. The van der Waals surface area contributed by atoms with E-state index in [0.29, 0.717) is 19.0 Å². The van der Waals surface area contributed by atoms with Gasteiger partial charge in [-0.1, -0.05) is 5.16 Å². The SMILES string of the molecule is CN=C(NC#N)NCCNCc1ccon1. The van der Waals surface area contributed by atoms with Crippen molar-refractivity contribution in [2.45, 2.75) is 6.54 Å². The van der Waals surface area contributed by atoms with Gasteiger partial charge in [0.1, 0.15) is 6.26 Å². The Bertz CT molecular complexity index is 353. The first-order chi connectivity index (χ1) is 7.86. The van der Waals surface area contributed by atoms with Gasteiger partial charge in [0.2, 0.25) is 5.96 Å². The number of nitrogens with zero attached hydrogens (tertiary/aromatic N) is 3. The molecular formula is C9H14N6O. The predicted octanol–water partition coefficient (Wildman–Crippen LogP) is -0.590. The molecule has 1 heterocycles. The van der Waals surface area contributed by atoms with Gasteiger partial charge in [-0.25, -0.2) is 0 Å². The quantitative estimate of drug-likeness (QED) is 0.202. The lowest BCUT2D eigenvalue weighted by atomic mass is 10.4. The highest BCUT2D eigenvalue weighted by Crippen LogP contribution is 1.91. The summed E-state index contributed by atoms with van der Waals surface area (Å²) in [6, 6.07) is 1.80. The van der Waals surface area contributed by atoms with Crippen molar-refractivity contribution < 1.29 is 4.52 Å². The van der Waals surface area contributed by atoms with Crippen LogP contribution >= 0.6 is 0 Å². The maximum Gasteiger partial charge on any atom is 0.204 e. The van der Waals surface area contributed by atoms with Gasteiger partial charge >= 0.3 is 0 Å². The smallest absolute Gasteiger partial charge is 0.204 e. The Morgan fingerprint density at radius 2 is 2.50 bits per heavy atom. The highest BCUT2D eigenvalue weighted by Gasteiger charge is 1.96. The fourth-order valence-corrected chi connectivity index (χ4v) is 1.05. The lowest BCUT2D eigenvalue weighted by Crippen LogP contribution is -2.38. The highest BCUT2D eigenvalue weighted by molar-refractivity contribution is 5.80. The number of hydrogen-bond acceptors (Lipinski definition) is 5. The Kier molecular flexibility index (Phi) is 5.44. The minimum atomic E-state index is 0.464. The third kappa shape index (κ3) is 4.43. The molecule has 0 amide bonds. The molecule has 0 saturated carbocycles. The molecule has 3 N–H and O–H groups in total. The Balaban J connectivity index is 2.06. The van der Waals surface area contributed by atoms with E-state index in [0.717, 1.165) is 12.2 Å². The number of guanidine groups is 1. The van der Waals surface area contributed by atoms with Crippen LogP contribution in [0.25, 0.3) is 0 Å². The van der Waals surface area contributed by atoms with Crippen molar-refractivity contribution in [2.75, 3.05) is 20.1 Å². The first-order valence-corrected chi connectivity index (χ1v) is 4.82. The second-order valence-electron chi connectivity index (χ2n) is 2.90. The summed E-state index contributed by atoms with van der Waals surface area (Å²) >= 11 is 0. The van der Waals surface area contributed by atoms with Gasteiger partial charge in [0.25, 0.3) is 0 Å². The Morgan fingerprint density at radius 3 is 3.12 bits per heavy atom. The van der Waals surface area contributed by atoms with Gasteiger partial charge < -0.3 is 15.2 Å². The molecule has 1 aromatic rings. The van der Waals surface area contributed by atoms with E-state index in [4.69, 9.17) is 5.26 Å². The van der Waals surface area contributed by atoms with Crippen molar-refractivity contribution in [1.82, 2.24) is 21.1 Å². The predicted molar refractivity (Wildman–Crippen MR) is 58.3 cm³/mol. The summed E-state index contributed by atoms with van der Waals surface area (Å²) in [5.41, 5.74) is 0.861. The van der Waals surface area contributed by atoms with E-state index >= 15 is 0 Å². The molecule has 0 aliphatic carbocycles. The zero-order valence-electron chi connectivity index (χ0n) is 9.03. The van der Waals surface area contributed by atoms with Gasteiger partial charge in [0.05, 0.1) is 5.69 Å². The van der Waals surface area contributed by atoms with E-state index in [-0.39, 0.29) is 0 Å². The van der Waals surface area contributed by atoms with Gasteiger partial charge in [0, 0.05) is 32.7 Å². The summed E-state index contributed by atoms with van der Waals surface area (Å²) in [6.45, 7) is 2.06. The monoisotopic (exact) mass is 222 g/mol. The van der Waals surface area contributed by atoms with Crippen LogP contribution in [0.5, 0.6) is 0 Å². The zero-order chi connectivity index (χ0) is 11.6. The van der Waals surface area contributed by atoms with Gasteiger partial charge in [0.15, 0.2) is 6.19 Å². The molecular weight excluding hydrogens is 208 g/mol. The van der Waals surface area contributed by atoms with Crippen molar-refractivity contribution in [2.24, 2.45) is 4.99 Å². The topological polar surface area (TPSA) is 98.3 Å². The molecule has 0 saturated heterocycles. The molecule has 0 aromatic carbocycles. The number of nitriles is 1. The minimum absolute atomic E-state index is 0.464. The third-order valence-corrected chi connectivity index (χ3v) is 1.79.